The summed E-state index contributed by atoms with van der Waals surface area (Å²) < 4.78 is 0. The highest BCUT2D eigenvalue weighted by atomic mass is 16.3. The lowest BCUT2D eigenvalue weighted by Crippen LogP contribution is -2.36. The summed E-state index contributed by atoms with van der Waals surface area (Å²) in [7, 11) is 0. The van der Waals surface area contributed by atoms with Gasteiger partial charge in [0.25, 0.3) is 0 Å². The number of nitrogens with zero attached hydrogens (tertiary/aromatic N) is 1. The highest BCUT2D eigenvalue weighted by molar-refractivity contribution is 5.27. The third-order valence-corrected chi connectivity index (χ3v) is 5.72. The lowest BCUT2D eigenvalue weighted by molar-refractivity contribution is 0.0704. The van der Waals surface area contributed by atoms with Crippen molar-refractivity contribution < 1.29 is 10.2 Å². The van der Waals surface area contributed by atoms with Crippen LogP contribution in [-0.4, -0.2) is 40.3 Å². The molecule has 1 aromatic carbocycles. The Morgan fingerprint density at radius 2 is 1.92 bits per heavy atom. The average molecular weight is 348 g/mol. The minimum absolute atomic E-state index is 0.106. The SMILES string of the molecule is CCCN(CCCC(O)C1CCCCC1)C(C)Cc1cccc(O)c1. The van der Waals surface area contributed by atoms with E-state index in [2.05, 4.69) is 24.8 Å². The number of phenols is 1. The van der Waals surface area contributed by atoms with Crippen molar-refractivity contribution in [3.05, 3.63) is 29.8 Å². The summed E-state index contributed by atoms with van der Waals surface area (Å²) in [5.74, 6) is 0.889. The van der Waals surface area contributed by atoms with Crippen molar-refractivity contribution in [1.29, 1.82) is 0 Å². The van der Waals surface area contributed by atoms with E-state index in [1.54, 1.807) is 6.07 Å². The zero-order chi connectivity index (χ0) is 18.1. The number of hydrogen-bond donors (Lipinski definition) is 2. The van der Waals surface area contributed by atoms with Gasteiger partial charge in [0, 0.05) is 6.04 Å². The maximum Gasteiger partial charge on any atom is 0.115 e. The summed E-state index contributed by atoms with van der Waals surface area (Å²) in [5.41, 5.74) is 1.19. The van der Waals surface area contributed by atoms with Crippen molar-refractivity contribution >= 4 is 0 Å². The number of aliphatic hydroxyl groups excluding tert-OH is 1. The molecule has 2 unspecified atom stereocenters. The van der Waals surface area contributed by atoms with Crippen LogP contribution in [0.5, 0.6) is 5.75 Å². The molecule has 0 aromatic heterocycles. The third kappa shape index (κ3) is 6.99. The van der Waals surface area contributed by atoms with Crippen LogP contribution in [0.15, 0.2) is 24.3 Å². The predicted molar refractivity (Wildman–Crippen MR) is 105 cm³/mol. The van der Waals surface area contributed by atoms with Crippen molar-refractivity contribution in [2.75, 3.05) is 13.1 Å². The standard InChI is InChI=1S/C22H37NO2/c1-3-14-23(18(2)16-19-9-7-12-21(24)17-19)15-8-13-22(25)20-10-5-4-6-11-20/h7,9,12,17-18,20,22,24-25H,3-6,8,10-11,13-16H2,1-2H3. The van der Waals surface area contributed by atoms with E-state index >= 15 is 0 Å². The lowest BCUT2D eigenvalue weighted by Gasteiger charge is -2.31. The van der Waals surface area contributed by atoms with Gasteiger partial charge in [-0.2, -0.15) is 0 Å². The molecule has 2 N–H and O–H groups in total. The topological polar surface area (TPSA) is 43.7 Å². The van der Waals surface area contributed by atoms with E-state index in [0.29, 0.717) is 17.7 Å². The molecule has 1 aliphatic rings. The molecule has 0 aliphatic heterocycles. The van der Waals surface area contributed by atoms with Crippen LogP contribution in [0.2, 0.25) is 0 Å². The minimum atomic E-state index is -0.106. The van der Waals surface area contributed by atoms with E-state index < -0.39 is 0 Å². The van der Waals surface area contributed by atoms with E-state index in [1.165, 1.54) is 37.7 Å². The van der Waals surface area contributed by atoms with Crippen LogP contribution in [0.25, 0.3) is 0 Å². The van der Waals surface area contributed by atoms with Crippen molar-refractivity contribution in [1.82, 2.24) is 4.90 Å². The first-order valence-corrected chi connectivity index (χ1v) is 10.3. The lowest BCUT2D eigenvalue weighted by atomic mass is 9.84. The fourth-order valence-corrected chi connectivity index (χ4v) is 4.25. The molecule has 2 rings (SSSR count). The third-order valence-electron chi connectivity index (χ3n) is 5.72. The monoisotopic (exact) mass is 347 g/mol. The Kier molecular flexibility index (Phi) is 8.77. The van der Waals surface area contributed by atoms with Crippen molar-refractivity contribution in [2.24, 2.45) is 5.92 Å². The smallest absolute Gasteiger partial charge is 0.115 e. The number of phenolic OH excluding ortho intramolecular Hbond substituents is 1. The maximum absolute atomic E-state index is 10.5. The summed E-state index contributed by atoms with van der Waals surface area (Å²) in [6, 6.07) is 8.06. The molecule has 0 amide bonds. The van der Waals surface area contributed by atoms with Crippen LogP contribution >= 0.6 is 0 Å². The number of hydrogen-bond acceptors (Lipinski definition) is 3. The number of aliphatic hydroxyl groups is 1. The van der Waals surface area contributed by atoms with Gasteiger partial charge in [0.05, 0.1) is 6.10 Å². The predicted octanol–water partition coefficient (Wildman–Crippen LogP) is 4.76. The average Bonchev–Trinajstić information content (AvgIpc) is 2.61. The minimum Gasteiger partial charge on any atom is -0.508 e. The second kappa shape index (κ2) is 10.8. The first kappa shape index (κ1) is 20.3. The summed E-state index contributed by atoms with van der Waals surface area (Å²) >= 11 is 0. The number of aromatic hydroxyl groups is 1. The van der Waals surface area contributed by atoms with Gasteiger partial charge in [-0.05, 0) is 82.2 Å². The van der Waals surface area contributed by atoms with E-state index in [1.807, 2.05) is 12.1 Å². The van der Waals surface area contributed by atoms with Gasteiger partial charge in [-0.25, -0.2) is 0 Å². The van der Waals surface area contributed by atoms with Gasteiger partial charge >= 0.3 is 0 Å². The molecule has 25 heavy (non-hydrogen) atoms. The zero-order valence-corrected chi connectivity index (χ0v) is 16.2. The summed E-state index contributed by atoms with van der Waals surface area (Å²) in [6.07, 6.45) is 10.4. The summed E-state index contributed by atoms with van der Waals surface area (Å²) in [4.78, 5) is 2.54. The highest BCUT2D eigenvalue weighted by Crippen LogP contribution is 2.28. The second-order valence-electron chi connectivity index (χ2n) is 7.87. The molecule has 1 aliphatic carbocycles. The van der Waals surface area contributed by atoms with Crippen LogP contribution in [0.1, 0.15) is 70.8 Å². The molecule has 1 saturated carbocycles. The van der Waals surface area contributed by atoms with E-state index in [9.17, 15) is 10.2 Å². The van der Waals surface area contributed by atoms with Crippen LogP contribution in [0.4, 0.5) is 0 Å². The first-order valence-electron chi connectivity index (χ1n) is 10.3. The van der Waals surface area contributed by atoms with Crippen LogP contribution < -0.4 is 0 Å². The number of benzene rings is 1. The Balaban J connectivity index is 1.78. The van der Waals surface area contributed by atoms with E-state index in [-0.39, 0.29) is 6.10 Å². The van der Waals surface area contributed by atoms with Crippen LogP contribution in [-0.2, 0) is 6.42 Å². The van der Waals surface area contributed by atoms with Gasteiger partial charge < -0.3 is 15.1 Å². The molecule has 0 saturated heterocycles. The van der Waals surface area contributed by atoms with Crippen molar-refractivity contribution in [3.8, 4) is 5.75 Å². The molecule has 1 aromatic rings. The molecule has 142 valence electrons. The van der Waals surface area contributed by atoms with Gasteiger partial charge in [0.1, 0.15) is 5.75 Å². The molecule has 3 heteroatoms. The molecule has 3 nitrogen and oxygen atoms in total. The molecular formula is C22H37NO2. The Bertz CT molecular complexity index is 485. The van der Waals surface area contributed by atoms with Crippen LogP contribution in [0, 0.1) is 5.92 Å². The maximum atomic E-state index is 10.5. The van der Waals surface area contributed by atoms with E-state index in [4.69, 9.17) is 0 Å². The summed E-state index contributed by atoms with van der Waals surface area (Å²) in [6.45, 7) is 6.65. The molecule has 0 radical (unpaired) electrons. The Morgan fingerprint density at radius 3 is 2.60 bits per heavy atom. The van der Waals surface area contributed by atoms with Gasteiger partial charge in [-0.1, -0.05) is 38.3 Å². The fraction of sp³-hybridized carbons (Fsp3) is 0.727. The molecule has 0 spiro atoms. The van der Waals surface area contributed by atoms with Crippen molar-refractivity contribution in [3.63, 3.8) is 0 Å². The quantitative estimate of drug-likeness (QED) is 0.641. The molecule has 1 fully saturated rings. The summed E-state index contributed by atoms with van der Waals surface area (Å²) in [5, 5.41) is 20.1. The van der Waals surface area contributed by atoms with Gasteiger partial charge in [0.15, 0.2) is 0 Å². The highest BCUT2D eigenvalue weighted by Gasteiger charge is 2.22. The normalized spacial score (nSPS) is 18.4. The van der Waals surface area contributed by atoms with E-state index in [0.717, 1.165) is 38.8 Å². The van der Waals surface area contributed by atoms with Gasteiger partial charge in [0.2, 0.25) is 0 Å². The zero-order valence-electron chi connectivity index (χ0n) is 16.2. The fourth-order valence-electron chi connectivity index (χ4n) is 4.25. The molecule has 0 bridgehead atoms. The number of rotatable bonds is 10. The first-order chi connectivity index (χ1) is 12.1. The Labute approximate surface area is 154 Å². The Morgan fingerprint density at radius 1 is 1.16 bits per heavy atom. The molecule has 2 atom stereocenters. The second-order valence-corrected chi connectivity index (χ2v) is 7.87. The Hall–Kier alpha value is -1.06. The largest absolute Gasteiger partial charge is 0.508 e. The molecule has 0 heterocycles. The molecular weight excluding hydrogens is 310 g/mol. The van der Waals surface area contributed by atoms with Gasteiger partial charge in [-0.15, -0.1) is 0 Å². The van der Waals surface area contributed by atoms with Gasteiger partial charge in [-0.3, -0.25) is 0 Å². The van der Waals surface area contributed by atoms with Crippen LogP contribution in [0.3, 0.4) is 0 Å². The van der Waals surface area contributed by atoms with Crippen molar-refractivity contribution in [2.45, 2.75) is 83.8 Å².